The van der Waals surface area contributed by atoms with E-state index in [0.717, 1.165) is 54.4 Å². The van der Waals surface area contributed by atoms with Crippen LogP contribution in [0.4, 0.5) is 0 Å². The first-order valence-corrected chi connectivity index (χ1v) is 14.4. The van der Waals surface area contributed by atoms with Gasteiger partial charge in [0.1, 0.15) is 0 Å². The van der Waals surface area contributed by atoms with Crippen LogP contribution in [0.5, 0.6) is 0 Å². The maximum atomic E-state index is 11.8. The molecule has 1 radical (unpaired) electrons. The molecule has 2 aliphatic carbocycles. The van der Waals surface area contributed by atoms with E-state index in [1.165, 1.54) is 48.3 Å². The van der Waals surface area contributed by atoms with Gasteiger partial charge in [-0.25, -0.2) is 0 Å². The number of aryl methyl sites for hydroxylation is 2. The summed E-state index contributed by atoms with van der Waals surface area (Å²) in [6.07, 6.45) is 11.5. The minimum Gasteiger partial charge on any atom is -0.512 e. The molecule has 3 aromatic rings. The Labute approximate surface area is 248 Å². The van der Waals surface area contributed by atoms with Gasteiger partial charge < -0.3 is 5.11 Å². The Bertz CT molecular complexity index is 1270. The Hall–Kier alpha value is -2.29. The maximum Gasteiger partial charge on any atom is 0.162 e. The van der Waals surface area contributed by atoms with Crippen molar-refractivity contribution in [2.75, 3.05) is 0 Å². The third-order valence-corrected chi connectivity index (χ3v) is 7.79. The standard InChI is InChI=1S/C22H24N.C13H20O2.Ir/c1-15-11-16(2)13-18(12-15)20-10-9-19-17(14-22(3,4)5)7-6-8-21(19)23-20;14-12(10-5-1-2-6-10)9-13(15)11-7-3-4-8-11;/h6-12H,14H2,1-5H3;9-11,14H,1-8H2;/q-1;;/b;12-9-;. The molecule has 0 aliphatic heterocycles. The molecule has 0 amide bonds. The number of carbonyl (C=O) groups is 1. The van der Waals surface area contributed by atoms with E-state index in [1.807, 2.05) is 0 Å². The van der Waals surface area contributed by atoms with Crippen molar-refractivity contribution in [2.24, 2.45) is 17.3 Å². The maximum absolute atomic E-state index is 11.8. The van der Waals surface area contributed by atoms with Crippen LogP contribution in [0.15, 0.2) is 54.3 Å². The summed E-state index contributed by atoms with van der Waals surface area (Å²) in [5, 5.41) is 11.1. The van der Waals surface area contributed by atoms with Gasteiger partial charge in [0.05, 0.1) is 11.3 Å². The number of rotatable bonds is 5. The number of hydrogen-bond donors (Lipinski definition) is 1. The van der Waals surface area contributed by atoms with Crippen molar-refractivity contribution < 1.29 is 30.0 Å². The zero-order valence-electron chi connectivity index (χ0n) is 24.3. The smallest absolute Gasteiger partial charge is 0.162 e. The molecule has 2 saturated carbocycles. The van der Waals surface area contributed by atoms with E-state index in [2.05, 4.69) is 83.1 Å². The number of aliphatic hydroxyl groups excluding tert-OH is 1. The van der Waals surface area contributed by atoms with Crippen molar-refractivity contribution in [1.82, 2.24) is 4.98 Å². The SMILES string of the molecule is Cc1[c-]c(-c2ccc3c(CC(C)(C)C)cccc3n2)cc(C)c1.O=C(/C=C(\O)C1CCCC1)C1CCCC1.[Ir]. The molecule has 211 valence electrons. The zero-order chi connectivity index (χ0) is 27.3. The molecular formula is C35H44IrNO2-. The van der Waals surface area contributed by atoms with Gasteiger partial charge in [0, 0.05) is 43.4 Å². The van der Waals surface area contributed by atoms with Gasteiger partial charge in [0.2, 0.25) is 0 Å². The van der Waals surface area contributed by atoms with E-state index in [9.17, 15) is 9.90 Å². The minimum absolute atomic E-state index is 0. The van der Waals surface area contributed by atoms with Gasteiger partial charge in [-0.2, -0.15) is 0 Å². The zero-order valence-corrected chi connectivity index (χ0v) is 26.7. The van der Waals surface area contributed by atoms with Gasteiger partial charge in [-0.15, -0.1) is 34.9 Å². The second kappa shape index (κ2) is 13.9. The number of benzene rings is 2. The fraction of sp³-hybridized carbons (Fsp3) is 0.486. The predicted molar refractivity (Wildman–Crippen MR) is 158 cm³/mol. The first-order valence-electron chi connectivity index (χ1n) is 14.4. The number of ketones is 1. The number of pyridine rings is 1. The molecule has 0 saturated heterocycles. The molecule has 39 heavy (non-hydrogen) atoms. The van der Waals surface area contributed by atoms with Crippen molar-refractivity contribution in [1.29, 1.82) is 0 Å². The van der Waals surface area contributed by atoms with Crippen molar-refractivity contribution >= 4 is 16.7 Å². The molecule has 1 aromatic heterocycles. The third-order valence-electron chi connectivity index (χ3n) is 7.79. The third kappa shape index (κ3) is 8.85. The molecular weight excluding hydrogens is 659 g/mol. The average molecular weight is 703 g/mol. The topological polar surface area (TPSA) is 50.2 Å². The summed E-state index contributed by atoms with van der Waals surface area (Å²) in [6, 6.07) is 18.5. The van der Waals surface area contributed by atoms with Gasteiger partial charge >= 0.3 is 0 Å². The molecule has 2 aromatic carbocycles. The normalized spacial score (nSPS) is 16.6. The molecule has 5 rings (SSSR count). The van der Waals surface area contributed by atoms with E-state index in [4.69, 9.17) is 4.98 Å². The number of aliphatic hydroxyl groups is 1. The number of nitrogens with zero attached hydrogens (tertiary/aromatic N) is 1. The summed E-state index contributed by atoms with van der Waals surface area (Å²) in [5.41, 5.74) is 7.19. The van der Waals surface area contributed by atoms with Crippen LogP contribution in [-0.4, -0.2) is 15.9 Å². The molecule has 0 unspecified atom stereocenters. The first-order chi connectivity index (χ1) is 18.1. The quantitative estimate of drug-likeness (QED) is 0.164. The Morgan fingerprint density at radius 3 is 2.23 bits per heavy atom. The van der Waals surface area contributed by atoms with Crippen molar-refractivity contribution in [3.05, 3.63) is 77.1 Å². The summed E-state index contributed by atoms with van der Waals surface area (Å²) in [5.74, 6) is 0.991. The monoisotopic (exact) mass is 703 g/mol. The number of carbonyl (C=O) groups excluding carboxylic acids is 1. The summed E-state index contributed by atoms with van der Waals surface area (Å²) >= 11 is 0. The van der Waals surface area contributed by atoms with E-state index < -0.39 is 0 Å². The van der Waals surface area contributed by atoms with Crippen LogP contribution in [0, 0.1) is 37.2 Å². The van der Waals surface area contributed by atoms with Gasteiger partial charge in [-0.05, 0) is 54.8 Å². The molecule has 1 N–H and O–H groups in total. The molecule has 0 bridgehead atoms. The number of fused-ring (bicyclic) bond motifs is 1. The van der Waals surface area contributed by atoms with E-state index in [0.29, 0.717) is 5.76 Å². The fourth-order valence-corrected chi connectivity index (χ4v) is 5.94. The number of hydrogen-bond acceptors (Lipinski definition) is 3. The van der Waals surface area contributed by atoms with Gasteiger partial charge in [-0.3, -0.25) is 9.78 Å². The minimum atomic E-state index is 0. The van der Waals surface area contributed by atoms with E-state index in [1.54, 1.807) is 0 Å². The van der Waals surface area contributed by atoms with Crippen LogP contribution < -0.4 is 0 Å². The van der Waals surface area contributed by atoms with Crippen molar-refractivity contribution in [3.8, 4) is 11.3 Å². The average Bonchev–Trinajstić information content (AvgIpc) is 3.58. The molecule has 1 heterocycles. The van der Waals surface area contributed by atoms with Crippen LogP contribution >= 0.6 is 0 Å². The van der Waals surface area contributed by atoms with E-state index >= 15 is 0 Å². The number of allylic oxidation sites excluding steroid dienone is 2. The Morgan fingerprint density at radius 2 is 1.62 bits per heavy atom. The Kier molecular flexibility index (Phi) is 11.1. The van der Waals surface area contributed by atoms with Crippen LogP contribution in [0.2, 0.25) is 0 Å². The van der Waals surface area contributed by atoms with Crippen LogP contribution in [-0.2, 0) is 31.3 Å². The van der Waals surface area contributed by atoms with Gasteiger partial charge in [0.15, 0.2) is 5.78 Å². The predicted octanol–water partition coefficient (Wildman–Crippen LogP) is 9.28. The molecule has 0 atom stereocenters. The van der Waals surface area contributed by atoms with Gasteiger partial charge in [-0.1, -0.05) is 84.6 Å². The Balaban J connectivity index is 0.000000228. The molecule has 2 aliphatic rings. The first kappa shape index (κ1) is 31.2. The fourth-order valence-electron chi connectivity index (χ4n) is 5.94. The second-order valence-corrected chi connectivity index (χ2v) is 12.6. The second-order valence-electron chi connectivity index (χ2n) is 12.6. The van der Waals surface area contributed by atoms with Crippen LogP contribution in [0.25, 0.3) is 22.2 Å². The van der Waals surface area contributed by atoms with Crippen LogP contribution in [0.1, 0.15) is 88.8 Å². The Morgan fingerprint density at radius 1 is 0.974 bits per heavy atom. The molecule has 0 spiro atoms. The summed E-state index contributed by atoms with van der Waals surface area (Å²) in [4.78, 5) is 16.7. The molecule has 4 heteroatoms. The van der Waals surface area contributed by atoms with Crippen molar-refractivity contribution in [2.45, 2.75) is 92.4 Å². The van der Waals surface area contributed by atoms with Crippen LogP contribution in [0.3, 0.4) is 0 Å². The summed E-state index contributed by atoms with van der Waals surface area (Å²) < 4.78 is 0. The van der Waals surface area contributed by atoms with E-state index in [-0.39, 0.29) is 43.1 Å². The molecule has 3 nitrogen and oxygen atoms in total. The molecule has 2 fully saturated rings. The summed E-state index contributed by atoms with van der Waals surface area (Å²) in [6.45, 7) is 11.0. The van der Waals surface area contributed by atoms with Crippen molar-refractivity contribution in [3.63, 3.8) is 0 Å². The largest absolute Gasteiger partial charge is 0.512 e. The van der Waals surface area contributed by atoms with Gasteiger partial charge in [0.25, 0.3) is 0 Å². The summed E-state index contributed by atoms with van der Waals surface area (Å²) in [7, 11) is 0. The number of aromatic nitrogens is 1.